The molecule has 1 atom stereocenters. The molecule has 26 heavy (non-hydrogen) atoms. The molecule has 2 aromatic carbocycles. The first-order valence-corrected chi connectivity index (χ1v) is 8.91. The van der Waals surface area contributed by atoms with E-state index in [0.717, 1.165) is 15.6 Å². The number of amides is 1. The molecule has 0 radical (unpaired) electrons. The largest absolute Gasteiger partial charge is 0.367 e. The van der Waals surface area contributed by atoms with E-state index in [4.69, 9.17) is 9.26 Å². The molecule has 134 valence electrons. The number of ether oxygens (including phenoxy) is 1. The van der Waals surface area contributed by atoms with Gasteiger partial charge in [0.2, 0.25) is 17.6 Å². The van der Waals surface area contributed by atoms with Crippen LogP contribution in [0.5, 0.6) is 0 Å². The zero-order chi connectivity index (χ0) is 18.4. The maximum atomic E-state index is 12.0. The van der Waals surface area contributed by atoms with E-state index in [1.807, 2.05) is 54.6 Å². The molecule has 6 nitrogen and oxygen atoms in total. The molecule has 0 saturated carbocycles. The fourth-order valence-corrected chi connectivity index (χ4v) is 2.57. The summed E-state index contributed by atoms with van der Waals surface area (Å²) in [6, 6.07) is 16.9. The number of rotatable bonds is 7. The molecule has 0 bridgehead atoms. The van der Waals surface area contributed by atoms with Crippen molar-refractivity contribution in [1.82, 2.24) is 15.5 Å². The molecule has 1 amide bonds. The highest BCUT2D eigenvalue weighted by Crippen LogP contribution is 2.20. The van der Waals surface area contributed by atoms with E-state index in [2.05, 4.69) is 31.4 Å². The molecule has 3 rings (SSSR count). The lowest BCUT2D eigenvalue weighted by atomic mass is 10.2. The Kier molecular flexibility index (Phi) is 6.14. The first-order chi connectivity index (χ1) is 12.6. The molecule has 1 N–H and O–H groups in total. The Balaban J connectivity index is 1.50. The van der Waals surface area contributed by atoms with Crippen molar-refractivity contribution in [3.05, 3.63) is 70.5 Å². The molecule has 0 unspecified atom stereocenters. The summed E-state index contributed by atoms with van der Waals surface area (Å²) in [5.41, 5.74) is 1.86. The second-order valence-corrected chi connectivity index (χ2v) is 6.65. The standard InChI is InChI=1S/C19H18BrN3O3/c1-13(21-17(24)12-25-11-14-5-3-2-4-6-14)19-22-18(23-26-19)15-7-9-16(20)10-8-15/h2-10,13H,11-12H2,1H3,(H,21,24)/t13-/m0/s1. The van der Waals surface area contributed by atoms with Crippen LogP contribution in [0.15, 0.2) is 63.6 Å². The van der Waals surface area contributed by atoms with Gasteiger partial charge in [0.15, 0.2) is 0 Å². The predicted molar refractivity (Wildman–Crippen MR) is 100 cm³/mol. The Morgan fingerprint density at radius 3 is 2.65 bits per heavy atom. The molecule has 0 aliphatic rings. The number of hydrogen-bond acceptors (Lipinski definition) is 5. The second-order valence-electron chi connectivity index (χ2n) is 5.73. The van der Waals surface area contributed by atoms with Crippen LogP contribution in [0.3, 0.4) is 0 Å². The average Bonchev–Trinajstić information content (AvgIpc) is 3.13. The van der Waals surface area contributed by atoms with Gasteiger partial charge in [0.25, 0.3) is 0 Å². The fourth-order valence-electron chi connectivity index (χ4n) is 2.31. The molecule has 0 aliphatic carbocycles. The normalized spacial score (nSPS) is 11.9. The minimum Gasteiger partial charge on any atom is -0.367 e. The third kappa shape index (κ3) is 5.00. The van der Waals surface area contributed by atoms with Crippen molar-refractivity contribution in [1.29, 1.82) is 0 Å². The minimum absolute atomic E-state index is 0.0348. The Labute approximate surface area is 159 Å². The summed E-state index contributed by atoms with van der Waals surface area (Å²) in [5, 5.41) is 6.75. The van der Waals surface area contributed by atoms with Gasteiger partial charge in [0, 0.05) is 10.0 Å². The van der Waals surface area contributed by atoms with E-state index >= 15 is 0 Å². The number of hydrogen-bond donors (Lipinski definition) is 1. The van der Waals surface area contributed by atoms with Crippen molar-refractivity contribution < 1.29 is 14.1 Å². The van der Waals surface area contributed by atoms with Gasteiger partial charge in [-0.05, 0) is 36.8 Å². The predicted octanol–water partition coefficient (Wildman–Crippen LogP) is 3.89. The molecule has 0 saturated heterocycles. The Bertz CT molecular complexity index is 850. The summed E-state index contributed by atoms with van der Waals surface area (Å²) in [7, 11) is 0. The highest BCUT2D eigenvalue weighted by atomic mass is 79.9. The van der Waals surface area contributed by atoms with Crippen LogP contribution in [-0.4, -0.2) is 22.7 Å². The van der Waals surface area contributed by atoms with Gasteiger partial charge in [-0.15, -0.1) is 0 Å². The number of halogens is 1. The number of aromatic nitrogens is 2. The minimum atomic E-state index is -0.403. The summed E-state index contributed by atoms with van der Waals surface area (Å²) in [4.78, 5) is 16.3. The topological polar surface area (TPSA) is 77.2 Å². The van der Waals surface area contributed by atoms with E-state index in [9.17, 15) is 4.79 Å². The average molecular weight is 416 g/mol. The molecule has 0 spiro atoms. The van der Waals surface area contributed by atoms with Crippen LogP contribution in [0.4, 0.5) is 0 Å². The Morgan fingerprint density at radius 2 is 1.92 bits per heavy atom. The molecule has 1 heterocycles. The van der Waals surface area contributed by atoms with Gasteiger partial charge in [0.1, 0.15) is 12.6 Å². The third-order valence-corrected chi connectivity index (χ3v) is 4.17. The van der Waals surface area contributed by atoms with Gasteiger partial charge in [-0.3, -0.25) is 4.79 Å². The summed E-state index contributed by atoms with van der Waals surface area (Å²) in [6.45, 7) is 2.14. The van der Waals surface area contributed by atoms with Crippen molar-refractivity contribution >= 4 is 21.8 Å². The van der Waals surface area contributed by atoms with Crippen LogP contribution < -0.4 is 5.32 Å². The SMILES string of the molecule is C[C@H](NC(=O)COCc1ccccc1)c1nc(-c2ccc(Br)cc2)no1. The second kappa shape index (κ2) is 8.73. The number of nitrogens with zero attached hydrogens (tertiary/aromatic N) is 2. The number of carbonyl (C=O) groups excluding carboxylic acids is 1. The van der Waals surface area contributed by atoms with Gasteiger partial charge >= 0.3 is 0 Å². The summed E-state index contributed by atoms with van der Waals surface area (Å²) in [5.74, 6) is 0.588. The zero-order valence-corrected chi connectivity index (χ0v) is 15.8. The molecular weight excluding hydrogens is 398 g/mol. The third-order valence-electron chi connectivity index (χ3n) is 3.64. The maximum Gasteiger partial charge on any atom is 0.249 e. The fraction of sp³-hybridized carbons (Fsp3) is 0.211. The van der Waals surface area contributed by atoms with Gasteiger partial charge in [-0.2, -0.15) is 4.98 Å². The molecule has 3 aromatic rings. The Hall–Kier alpha value is -2.51. The van der Waals surface area contributed by atoms with E-state index < -0.39 is 6.04 Å². The van der Waals surface area contributed by atoms with Gasteiger partial charge in [-0.1, -0.05) is 51.4 Å². The van der Waals surface area contributed by atoms with Gasteiger partial charge in [0.05, 0.1) is 6.61 Å². The van der Waals surface area contributed by atoms with Crippen LogP contribution in [-0.2, 0) is 16.1 Å². The number of benzene rings is 2. The molecule has 0 fully saturated rings. The zero-order valence-electron chi connectivity index (χ0n) is 14.2. The van der Waals surface area contributed by atoms with E-state index in [1.165, 1.54) is 0 Å². The quantitative estimate of drug-likeness (QED) is 0.633. The lowest BCUT2D eigenvalue weighted by Crippen LogP contribution is -2.30. The lowest BCUT2D eigenvalue weighted by molar-refractivity contribution is -0.126. The van der Waals surface area contributed by atoms with Crippen LogP contribution >= 0.6 is 15.9 Å². The lowest BCUT2D eigenvalue weighted by Gasteiger charge is -2.10. The molecule has 7 heteroatoms. The van der Waals surface area contributed by atoms with E-state index in [0.29, 0.717) is 18.3 Å². The van der Waals surface area contributed by atoms with Gasteiger partial charge < -0.3 is 14.6 Å². The van der Waals surface area contributed by atoms with Crippen LogP contribution in [0, 0.1) is 0 Å². The van der Waals surface area contributed by atoms with Crippen LogP contribution in [0.25, 0.3) is 11.4 Å². The van der Waals surface area contributed by atoms with Crippen molar-refractivity contribution in [3.8, 4) is 11.4 Å². The smallest absolute Gasteiger partial charge is 0.249 e. The molecule has 0 aliphatic heterocycles. The monoisotopic (exact) mass is 415 g/mol. The van der Waals surface area contributed by atoms with Crippen molar-refractivity contribution in [2.24, 2.45) is 0 Å². The number of carbonyl (C=O) groups is 1. The highest BCUT2D eigenvalue weighted by molar-refractivity contribution is 9.10. The van der Waals surface area contributed by atoms with E-state index in [1.54, 1.807) is 6.92 Å². The van der Waals surface area contributed by atoms with Gasteiger partial charge in [-0.25, -0.2) is 0 Å². The first kappa shape index (κ1) is 18.3. The maximum absolute atomic E-state index is 12.0. The van der Waals surface area contributed by atoms with Crippen molar-refractivity contribution in [2.75, 3.05) is 6.61 Å². The highest BCUT2D eigenvalue weighted by Gasteiger charge is 2.17. The Morgan fingerprint density at radius 1 is 1.19 bits per heavy atom. The van der Waals surface area contributed by atoms with Crippen LogP contribution in [0.2, 0.25) is 0 Å². The van der Waals surface area contributed by atoms with E-state index in [-0.39, 0.29) is 12.5 Å². The van der Waals surface area contributed by atoms with Crippen molar-refractivity contribution in [3.63, 3.8) is 0 Å². The first-order valence-electron chi connectivity index (χ1n) is 8.12. The summed E-state index contributed by atoms with van der Waals surface area (Å²) >= 11 is 3.39. The molecular formula is C19H18BrN3O3. The molecule has 1 aromatic heterocycles. The summed E-state index contributed by atoms with van der Waals surface area (Å²) in [6.07, 6.45) is 0. The van der Waals surface area contributed by atoms with Crippen molar-refractivity contribution in [2.45, 2.75) is 19.6 Å². The van der Waals surface area contributed by atoms with Crippen LogP contribution in [0.1, 0.15) is 24.4 Å². The number of nitrogens with one attached hydrogen (secondary N) is 1. The summed E-state index contributed by atoms with van der Waals surface area (Å²) < 4.78 is 11.7.